The van der Waals surface area contributed by atoms with E-state index in [0.29, 0.717) is 0 Å². The lowest BCUT2D eigenvalue weighted by molar-refractivity contribution is 0.0372. The van der Waals surface area contributed by atoms with E-state index in [1.165, 1.54) is 0 Å². The molecule has 0 fully saturated rings. The summed E-state index contributed by atoms with van der Waals surface area (Å²) in [7, 11) is 0. The summed E-state index contributed by atoms with van der Waals surface area (Å²) in [6, 6.07) is 1.49. The van der Waals surface area contributed by atoms with Crippen molar-refractivity contribution in [2.75, 3.05) is 5.73 Å². The summed E-state index contributed by atoms with van der Waals surface area (Å²) in [6.07, 6.45) is -0.391. The van der Waals surface area contributed by atoms with E-state index in [2.05, 4.69) is 0 Å². The monoisotopic (exact) mass is 215 g/mol. The highest BCUT2D eigenvalue weighted by atomic mass is 19.1. The van der Waals surface area contributed by atoms with Crippen molar-refractivity contribution in [1.82, 2.24) is 0 Å². The number of halogens is 2. The molecule has 1 aromatic carbocycles. The molecule has 0 aliphatic carbocycles. The van der Waals surface area contributed by atoms with Gasteiger partial charge in [-0.3, -0.25) is 0 Å². The first-order valence-electron chi connectivity index (χ1n) is 4.37. The van der Waals surface area contributed by atoms with Crippen molar-refractivity contribution in [3.8, 4) is 0 Å². The molecule has 0 heterocycles. The van der Waals surface area contributed by atoms with Gasteiger partial charge in [0.2, 0.25) is 0 Å². The summed E-state index contributed by atoms with van der Waals surface area (Å²) in [4.78, 5) is 11.3. The summed E-state index contributed by atoms with van der Waals surface area (Å²) in [5.41, 5.74) is 4.34. The van der Waals surface area contributed by atoms with Crippen LogP contribution in [0.25, 0.3) is 0 Å². The van der Waals surface area contributed by atoms with E-state index >= 15 is 0 Å². The Morgan fingerprint density at radius 1 is 1.33 bits per heavy atom. The van der Waals surface area contributed by atoms with Crippen LogP contribution < -0.4 is 5.73 Å². The van der Waals surface area contributed by atoms with E-state index < -0.39 is 29.3 Å². The zero-order chi connectivity index (χ0) is 11.6. The van der Waals surface area contributed by atoms with Crippen LogP contribution in [0, 0.1) is 11.6 Å². The van der Waals surface area contributed by atoms with Crippen LogP contribution in [-0.4, -0.2) is 12.1 Å². The SMILES string of the molecule is CC(C)OC(=O)c1cc(F)c(N)cc1F. The number of nitrogen functional groups attached to an aromatic ring is 1. The molecule has 0 unspecified atom stereocenters. The van der Waals surface area contributed by atoms with Gasteiger partial charge in [0.15, 0.2) is 0 Å². The average Bonchev–Trinajstić information content (AvgIpc) is 2.09. The number of ether oxygens (including phenoxy) is 1. The van der Waals surface area contributed by atoms with Crippen molar-refractivity contribution in [3.63, 3.8) is 0 Å². The largest absolute Gasteiger partial charge is 0.459 e. The maximum atomic E-state index is 13.2. The minimum Gasteiger partial charge on any atom is -0.459 e. The van der Waals surface area contributed by atoms with Crippen LogP contribution >= 0.6 is 0 Å². The number of hydrogen-bond donors (Lipinski definition) is 1. The minimum atomic E-state index is -0.901. The second-order valence-corrected chi connectivity index (χ2v) is 3.31. The highest BCUT2D eigenvalue weighted by Crippen LogP contribution is 2.17. The van der Waals surface area contributed by atoms with Gasteiger partial charge in [-0.25, -0.2) is 13.6 Å². The molecule has 0 atom stereocenters. The lowest BCUT2D eigenvalue weighted by Crippen LogP contribution is -2.14. The number of esters is 1. The van der Waals surface area contributed by atoms with E-state index in [4.69, 9.17) is 10.5 Å². The summed E-state index contributed by atoms with van der Waals surface area (Å²) in [6.45, 7) is 3.23. The molecule has 0 aliphatic rings. The lowest BCUT2D eigenvalue weighted by atomic mass is 10.2. The van der Waals surface area contributed by atoms with Gasteiger partial charge < -0.3 is 10.5 Å². The van der Waals surface area contributed by atoms with Gasteiger partial charge in [-0.1, -0.05) is 0 Å². The van der Waals surface area contributed by atoms with Crippen molar-refractivity contribution < 1.29 is 18.3 Å². The normalized spacial score (nSPS) is 10.5. The van der Waals surface area contributed by atoms with Crippen molar-refractivity contribution >= 4 is 11.7 Å². The summed E-state index contributed by atoms with van der Waals surface area (Å²) in [5, 5.41) is 0. The average molecular weight is 215 g/mol. The molecule has 0 bridgehead atoms. The van der Waals surface area contributed by atoms with Gasteiger partial charge in [-0.15, -0.1) is 0 Å². The maximum absolute atomic E-state index is 13.2. The molecule has 1 rings (SSSR count). The number of carbonyl (C=O) groups excluding carboxylic acids is 1. The van der Waals surface area contributed by atoms with Crippen LogP contribution in [0.15, 0.2) is 12.1 Å². The third kappa shape index (κ3) is 2.65. The second kappa shape index (κ2) is 4.25. The Balaban J connectivity index is 3.04. The molecule has 0 saturated heterocycles. The van der Waals surface area contributed by atoms with Gasteiger partial charge in [-0.05, 0) is 19.9 Å². The highest BCUT2D eigenvalue weighted by Gasteiger charge is 2.17. The van der Waals surface area contributed by atoms with Gasteiger partial charge in [0.05, 0.1) is 17.4 Å². The Morgan fingerprint density at radius 3 is 2.47 bits per heavy atom. The fourth-order valence-corrected chi connectivity index (χ4v) is 0.996. The molecule has 0 aliphatic heterocycles. The van der Waals surface area contributed by atoms with E-state index in [9.17, 15) is 13.6 Å². The summed E-state index contributed by atoms with van der Waals surface area (Å²) < 4.78 is 30.9. The summed E-state index contributed by atoms with van der Waals surface area (Å²) in [5.74, 6) is -2.63. The van der Waals surface area contributed by atoms with E-state index in [1.54, 1.807) is 13.8 Å². The standard InChI is InChI=1S/C10H11F2NO2/c1-5(2)15-10(14)6-3-8(12)9(13)4-7(6)11/h3-5H,13H2,1-2H3. The summed E-state index contributed by atoms with van der Waals surface area (Å²) >= 11 is 0. The minimum absolute atomic E-state index is 0.339. The van der Waals surface area contributed by atoms with Crippen molar-refractivity contribution in [2.24, 2.45) is 0 Å². The first kappa shape index (κ1) is 11.4. The highest BCUT2D eigenvalue weighted by molar-refractivity contribution is 5.90. The van der Waals surface area contributed by atoms with Gasteiger partial charge >= 0.3 is 5.97 Å². The molecule has 0 aromatic heterocycles. The molecule has 0 amide bonds. The lowest BCUT2D eigenvalue weighted by Gasteiger charge is -2.09. The predicted octanol–water partition coefficient (Wildman–Crippen LogP) is 2.11. The third-order valence-electron chi connectivity index (χ3n) is 1.65. The first-order valence-corrected chi connectivity index (χ1v) is 4.37. The van der Waals surface area contributed by atoms with Crippen LogP contribution in [0.4, 0.5) is 14.5 Å². The number of anilines is 1. The molecule has 3 nitrogen and oxygen atoms in total. The molecule has 5 heteroatoms. The topological polar surface area (TPSA) is 52.3 Å². The van der Waals surface area contributed by atoms with Crippen molar-refractivity contribution in [2.45, 2.75) is 20.0 Å². The quantitative estimate of drug-likeness (QED) is 0.607. The fourth-order valence-electron chi connectivity index (χ4n) is 0.996. The third-order valence-corrected chi connectivity index (χ3v) is 1.65. The molecular formula is C10H11F2NO2. The number of hydrogen-bond acceptors (Lipinski definition) is 3. The zero-order valence-electron chi connectivity index (χ0n) is 8.38. The van der Waals surface area contributed by atoms with Crippen molar-refractivity contribution in [1.29, 1.82) is 0 Å². The molecule has 0 spiro atoms. The van der Waals surface area contributed by atoms with E-state index in [1.807, 2.05) is 0 Å². The van der Waals surface area contributed by atoms with Gasteiger partial charge in [0, 0.05) is 6.07 Å². The number of nitrogens with two attached hydrogens (primary N) is 1. The smallest absolute Gasteiger partial charge is 0.341 e. The number of rotatable bonds is 2. The van der Waals surface area contributed by atoms with Crippen LogP contribution in [0.5, 0.6) is 0 Å². The Kier molecular flexibility index (Phi) is 3.24. The predicted molar refractivity (Wildman–Crippen MR) is 51.3 cm³/mol. The molecule has 1 aromatic rings. The molecular weight excluding hydrogens is 204 g/mol. The van der Waals surface area contributed by atoms with E-state index in [0.717, 1.165) is 12.1 Å². The molecule has 0 radical (unpaired) electrons. The van der Waals surface area contributed by atoms with Crippen LogP contribution in [0.3, 0.4) is 0 Å². The molecule has 2 N–H and O–H groups in total. The maximum Gasteiger partial charge on any atom is 0.341 e. The van der Waals surface area contributed by atoms with E-state index in [-0.39, 0.29) is 5.69 Å². The van der Waals surface area contributed by atoms with Crippen molar-refractivity contribution in [3.05, 3.63) is 29.3 Å². The zero-order valence-corrected chi connectivity index (χ0v) is 8.38. The first-order chi connectivity index (χ1) is 6.91. The van der Waals surface area contributed by atoms with Gasteiger partial charge in [0.25, 0.3) is 0 Å². The second-order valence-electron chi connectivity index (χ2n) is 3.31. The Morgan fingerprint density at radius 2 is 1.93 bits per heavy atom. The van der Waals surface area contributed by atoms with Gasteiger partial charge in [0.1, 0.15) is 11.6 Å². The number of benzene rings is 1. The molecule has 82 valence electrons. The van der Waals surface area contributed by atoms with Crippen LogP contribution in [0.1, 0.15) is 24.2 Å². The van der Waals surface area contributed by atoms with Crippen LogP contribution in [-0.2, 0) is 4.74 Å². The molecule has 0 saturated carbocycles. The Labute approximate surface area is 85.8 Å². The fraction of sp³-hybridized carbons (Fsp3) is 0.300. The van der Waals surface area contributed by atoms with Crippen LogP contribution in [0.2, 0.25) is 0 Å². The molecule has 15 heavy (non-hydrogen) atoms. The number of carbonyl (C=O) groups is 1. The van der Waals surface area contributed by atoms with Gasteiger partial charge in [-0.2, -0.15) is 0 Å². The Hall–Kier alpha value is -1.65. The Bertz CT molecular complexity index is 391.